The molecule has 0 aliphatic heterocycles. The van der Waals surface area contributed by atoms with E-state index in [1.165, 1.54) is 10.9 Å². The Bertz CT molecular complexity index is 538. The van der Waals surface area contributed by atoms with Gasteiger partial charge in [-0.25, -0.2) is 4.39 Å². The second-order valence-electron chi connectivity index (χ2n) is 3.78. The summed E-state index contributed by atoms with van der Waals surface area (Å²) in [6, 6.07) is 8.88. The minimum atomic E-state index is -0.386. The Morgan fingerprint density at radius 1 is 1.33 bits per heavy atom. The van der Waals surface area contributed by atoms with Crippen molar-refractivity contribution in [3.8, 4) is 0 Å². The molecular formula is C13H13FN2S2. The molecule has 2 rings (SSSR count). The van der Waals surface area contributed by atoms with Crippen molar-refractivity contribution in [1.82, 2.24) is 0 Å². The fraction of sp³-hybridized carbons (Fsp3) is 0.154. The Labute approximate surface area is 115 Å². The van der Waals surface area contributed by atoms with Gasteiger partial charge in [0.05, 0.1) is 5.56 Å². The van der Waals surface area contributed by atoms with Gasteiger partial charge < -0.3 is 11.1 Å². The summed E-state index contributed by atoms with van der Waals surface area (Å²) in [4.78, 5) is 1.36. The van der Waals surface area contributed by atoms with E-state index in [2.05, 4.69) is 11.4 Å². The molecule has 1 aromatic carbocycles. The molecule has 0 saturated heterocycles. The lowest BCUT2D eigenvalue weighted by Crippen LogP contribution is -2.16. The molecule has 1 aromatic heterocycles. The van der Waals surface area contributed by atoms with E-state index in [1.54, 1.807) is 23.5 Å². The molecule has 0 aliphatic rings. The van der Waals surface area contributed by atoms with Crippen molar-refractivity contribution in [2.24, 2.45) is 5.73 Å². The zero-order valence-electron chi connectivity index (χ0n) is 9.65. The molecule has 0 unspecified atom stereocenters. The molecule has 0 fully saturated rings. The van der Waals surface area contributed by atoms with Crippen molar-refractivity contribution in [3.63, 3.8) is 0 Å². The third-order valence-electron chi connectivity index (χ3n) is 2.53. The number of benzene rings is 1. The van der Waals surface area contributed by atoms with Crippen LogP contribution < -0.4 is 11.1 Å². The van der Waals surface area contributed by atoms with Gasteiger partial charge in [0.1, 0.15) is 10.8 Å². The molecule has 3 N–H and O–H groups in total. The van der Waals surface area contributed by atoms with Crippen molar-refractivity contribution in [1.29, 1.82) is 0 Å². The fourth-order valence-electron chi connectivity index (χ4n) is 1.70. The first-order chi connectivity index (χ1) is 8.68. The quantitative estimate of drug-likeness (QED) is 0.826. The Kier molecular flexibility index (Phi) is 4.28. The van der Waals surface area contributed by atoms with Crippen LogP contribution in [0, 0.1) is 5.82 Å². The van der Waals surface area contributed by atoms with E-state index in [-0.39, 0.29) is 10.8 Å². The molecule has 0 aliphatic carbocycles. The summed E-state index contributed by atoms with van der Waals surface area (Å²) in [5, 5.41) is 5.21. The van der Waals surface area contributed by atoms with Gasteiger partial charge in [0.15, 0.2) is 0 Å². The molecule has 1 heterocycles. The summed E-state index contributed by atoms with van der Waals surface area (Å²) in [6.07, 6.45) is 0.894. The lowest BCUT2D eigenvalue weighted by atomic mass is 10.1. The summed E-state index contributed by atoms with van der Waals surface area (Å²) in [5.41, 5.74) is 6.48. The van der Waals surface area contributed by atoms with Crippen LogP contribution in [0.3, 0.4) is 0 Å². The Balaban J connectivity index is 2.05. The van der Waals surface area contributed by atoms with E-state index in [1.807, 2.05) is 11.4 Å². The zero-order chi connectivity index (χ0) is 13.0. The van der Waals surface area contributed by atoms with Crippen LogP contribution in [0.15, 0.2) is 35.7 Å². The monoisotopic (exact) mass is 280 g/mol. The minimum absolute atomic E-state index is 0.0757. The predicted octanol–water partition coefficient (Wildman–Crippen LogP) is 3.18. The summed E-state index contributed by atoms with van der Waals surface area (Å²) in [6.45, 7) is 0.722. The van der Waals surface area contributed by atoms with Gasteiger partial charge in [0, 0.05) is 17.1 Å². The smallest absolute Gasteiger partial charge is 0.135 e. The maximum atomic E-state index is 13.6. The van der Waals surface area contributed by atoms with E-state index in [0.717, 1.165) is 13.0 Å². The van der Waals surface area contributed by atoms with Crippen LogP contribution in [-0.4, -0.2) is 11.5 Å². The lowest BCUT2D eigenvalue weighted by molar-refractivity contribution is 0.626. The maximum absolute atomic E-state index is 13.6. The van der Waals surface area contributed by atoms with E-state index >= 15 is 0 Å². The highest BCUT2D eigenvalue weighted by molar-refractivity contribution is 7.80. The Hall–Kier alpha value is -1.46. The highest BCUT2D eigenvalue weighted by atomic mass is 32.1. The summed E-state index contributed by atoms with van der Waals surface area (Å²) < 4.78 is 13.6. The first kappa shape index (κ1) is 13.0. The van der Waals surface area contributed by atoms with Crippen LogP contribution in [-0.2, 0) is 6.42 Å². The Morgan fingerprint density at radius 3 is 2.83 bits per heavy atom. The summed E-state index contributed by atoms with van der Waals surface area (Å²) in [5.74, 6) is -0.386. The number of thiocarbonyl (C=S) groups is 1. The largest absolute Gasteiger partial charge is 0.389 e. The second kappa shape index (κ2) is 5.93. The van der Waals surface area contributed by atoms with Crippen molar-refractivity contribution >= 4 is 34.2 Å². The molecule has 18 heavy (non-hydrogen) atoms. The van der Waals surface area contributed by atoms with Gasteiger partial charge in [-0.2, -0.15) is 0 Å². The minimum Gasteiger partial charge on any atom is -0.389 e. The van der Waals surface area contributed by atoms with Crippen LogP contribution in [0.1, 0.15) is 10.4 Å². The van der Waals surface area contributed by atoms with Crippen LogP contribution >= 0.6 is 23.6 Å². The third-order valence-corrected chi connectivity index (χ3v) is 3.67. The molecule has 0 radical (unpaired) electrons. The molecule has 0 atom stereocenters. The van der Waals surface area contributed by atoms with Crippen LogP contribution in [0.5, 0.6) is 0 Å². The number of halogens is 1. The van der Waals surface area contributed by atoms with Gasteiger partial charge in [-0.1, -0.05) is 24.4 Å². The van der Waals surface area contributed by atoms with Crippen LogP contribution in [0.2, 0.25) is 0 Å². The predicted molar refractivity (Wildman–Crippen MR) is 78.8 cm³/mol. The molecule has 0 spiro atoms. The number of hydrogen-bond donors (Lipinski definition) is 2. The van der Waals surface area contributed by atoms with E-state index in [0.29, 0.717) is 11.3 Å². The van der Waals surface area contributed by atoms with Gasteiger partial charge >= 0.3 is 0 Å². The second-order valence-corrected chi connectivity index (χ2v) is 5.25. The van der Waals surface area contributed by atoms with Crippen molar-refractivity contribution in [3.05, 3.63) is 52.0 Å². The number of anilines is 1. The van der Waals surface area contributed by atoms with Gasteiger partial charge in [-0.05, 0) is 30.0 Å². The van der Waals surface area contributed by atoms with E-state index in [4.69, 9.17) is 18.0 Å². The van der Waals surface area contributed by atoms with Crippen LogP contribution in [0.25, 0.3) is 0 Å². The molecule has 0 amide bonds. The van der Waals surface area contributed by atoms with E-state index < -0.39 is 0 Å². The third kappa shape index (κ3) is 3.05. The Morgan fingerprint density at radius 2 is 2.17 bits per heavy atom. The maximum Gasteiger partial charge on any atom is 0.135 e. The summed E-state index contributed by atoms with van der Waals surface area (Å²) >= 11 is 6.57. The van der Waals surface area contributed by atoms with Gasteiger partial charge in [-0.3, -0.25) is 0 Å². The molecule has 0 saturated carbocycles. The van der Waals surface area contributed by atoms with Crippen LogP contribution in [0.4, 0.5) is 10.1 Å². The molecular weight excluding hydrogens is 267 g/mol. The standard InChI is InChI=1S/C13H13FN2S2/c14-10-4-1-5-11(12(10)13(15)17)16-7-6-9-3-2-8-18-9/h1-5,8,16H,6-7H2,(H2,15,17). The van der Waals surface area contributed by atoms with Gasteiger partial charge in [0.25, 0.3) is 0 Å². The van der Waals surface area contributed by atoms with Gasteiger partial charge in [-0.15, -0.1) is 11.3 Å². The first-order valence-corrected chi connectivity index (χ1v) is 6.82. The SMILES string of the molecule is NC(=S)c1c(F)cccc1NCCc1cccs1. The average molecular weight is 280 g/mol. The number of thiophene rings is 1. The van der Waals surface area contributed by atoms with Crippen molar-refractivity contribution in [2.75, 3.05) is 11.9 Å². The highest BCUT2D eigenvalue weighted by Gasteiger charge is 2.10. The molecule has 94 valence electrons. The zero-order valence-corrected chi connectivity index (χ0v) is 11.3. The molecule has 2 aromatic rings. The molecule has 0 bridgehead atoms. The van der Waals surface area contributed by atoms with Crippen molar-refractivity contribution in [2.45, 2.75) is 6.42 Å². The summed E-state index contributed by atoms with van der Waals surface area (Å²) in [7, 11) is 0. The first-order valence-electron chi connectivity index (χ1n) is 5.53. The topological polar surface area (TPSA) is 38.0 Å². The van der Waals surface area contributed by atoms with Gasteiger partial charge in [0.2, 0.25) is 0 Å². The van der Waals surface area contributed by atoms with Crippen molar-refractivity contribution < 1.29 is 4.39 Å². The number of hydrogen-bond acceptors (Lipinski definition) is 3. The number of nitrogens with one attached hydrogen (secondary N) is 1. The molecule has 5 heteroatoms. The average Bonchev–Trinajstić information content (AvgIpc) is 2.81. The normalized spacial score (nSPS) is 10.3. The number of nitrogens with two attached hydrogens (primary N) is 1. The fourth-order valence-corrected chi connectivity index (χ4v) is 2.61. The van der Waals surface area contributed by atoms with E-state index in [9.17, 15) is 4.39 Å². The number of rotatable bonds is 5. The highest BCUT2D eigenvalue weighted by Crippen LogP contribution is 2.19. The lowest BCUT2D eigenvalue weighted by Gasteiger charge is -2.11. The molecule has 2 nitrogen and oxygen atoms in total.